The van der Waals surface area contributed by atoms with E-state index >= 15 is 0 Å². The summed E-state index contributed by atoms with van der Waals surface area (Å²) in [5, 5.41) is 0.791. The predicted octanol–water partition coefficient (Wildman–Crippen LogP) is 2.18. The Balaban J connectivity index is 1.84. The topological polar surface area (TPSA) is 44.5 Å². The van der Waals surface area contributed by atoms with Crippen molar-refractivity contribution in [3.05, 3.63) is 28.3 Å². The molecule has 2 unspecified atom stereocenters. The van der Waals surface area contributed by atoms with Crippen molar-refractivity contribution in [1.82, 2.24) is 0 Å². The van der Waals surface area contributed by atoms with Crippen LogP contribution in [-0.4, -0.2) is 25.9 Å². The molecule has 4 heteroatoms. The average Bonchev–Trinajstić information content (AvgIpc) is 2.80. The average molecular weight is 268 g/mol. The Labute approximate surface area is 112 Å². The summed E-state index contributed by atoms with van der Waals surface area (Å²) in [5.74, 6) is 1.39. The van der Waals surface area contributed by atoms with Gasteiger partial charge in [0.15, 0.2) is 0 Å². The van der Waals surface area contributed by atoms with Crippen molar-refractivity contribution < 1.29 is 9.47 Å². The second-order valence-electron chi connectivity index (χ2n) is 5.14. The standard InChI is InChI=1S/C14H18ClNO2/c15-12-6-9-1-4-18-14(9)10(7-12)5-11-8-17-3-2-13(11)16/h6-7,11,13H,1-5,8,16H2. The van der Waals surface area contributed by atoms with Gasteiger partial charge in [0.05, 0.1) is 13.2 Å². The van der Waals surface area contributed by atoms with Crippen molar-refractivity contribution in [3.8, 4) is 5.75 Å². The van der Waals surface area contributed by atoms with E-state index in [0.29, 0.717) is 5.92 Å². The fraction of sp³-hybridized carbons (Fsp3) is 0.571. The molecule has 18 heavy (non-hydrogen) atoms. The van der Waals surface area contributed by atoms with E-state index in [0.717, 1.165) is 49.9 Å². The molecule has 0 spiro atoms. The lowest BCUT2D eigenvalue weighted by Gasteiger charge is -2.29. The van der Waals surface area contributed by atoms with Crippen molar-refractivity contribution >= 4 is 11.6 Å². The molecule has 0 amide bonds. The third-order valence-corrected chi connectivity index (χ3v) is 4.06. The minimum atomic E-state index is 0.217. The first-order chi connectivity index (χ1) is 8.74. The fourth-order valence-electron chi connectivity index (χ4n) is 2.80. The van der Waals surface area contributed by atoms with Crippen LogP contribution in [0.15, 0.2) is 12.1 Å². The molecule has 0 saturated carbocycles. The summed E-state index contributed by atoms with van der Waals surface area (Å²) in [4.78, 5) is 0. The summed E-state index contributed by atoms with van der Waals surface area (Å²) in [6, 6.07) is 4.23. The SMILES string of the molecule is NC1CCOCC1Cc1cc(Cl)cc2c1OCC2. The molecule has 0 radical (unpaired) electrons. The van der Waals surface area contributed by atoms with Gasteiger partial charge >= 0.3 is 0 Å². The Morgan fingerprint density at radius 2 is 2.22 bits per heavy atom. The van der Waals surface area contributed by atoms with Crippen molar-refractivity contribution in [2.24, 2.45) is 11.7 Å². The molecule has 0 aliphatic carbocycles. The molecule has 2 atom stereocenters. The van der Waals surface area contributed by atoms with Crippen molar-refractivity contribution in [2.45, 2.75) is 25.3 Å². The number of hydrogen-bond acceptors (Lipinski definition) is 3. The molecule has 2 heterocycles. The highest BCUT2D eigenvalue weighted by Crippen LogP contribution is 2.35. The maximum Gasteiger partial charge on any atom is 0.125 e. The van der Waals surface area contributed by atoms with Gasteiger partial charge in [-0.15, -0.1) is 0 Å². The molecule has 1 fully saturated rings. The van der Waals surface area contributed by atoms with E-state index in [-0.39, 0.29) is 6.04 Å². The van der Waals surface area contributed by atoms with Gasteiger partial charge < -0.3 is 15.2 Å². The molecule has 2 N–H and O–H groups in total. The lowest BCUT2D eigenvalue weighted by Crippen LogP contribution is -2.39. The first-order valence-corrected chi connectivity index (χ1v) is 6.89. The summed E-state index contributed by atoms with van der Waals surface area (Å²) in [5.41, 5.74) is 8.56. The van der Waals surface area contributed by atoms with Gasteiger partial charge in [-0.1, -0.05) is 11.6 Å². The number of hydrogen-bond donors (Lipinski definition) is 1. The van der Waals surface area contributed by atoms with E-state index in [1.165, 1.54) is 11.1 Å². The van der Waals surface area contributed by atoms with Gasteiger partial charge in [0.1, 0.15) is 5.75 Å². The second-order valence-corrected chi connectivity index (χ2v) is 5.58. The molecule has 1 aromatic rings. The molecule has 2 aliphatic rings. The molecule has 0 bridgehead atoms. The number of benzene rings is 1. The van der Waals surface area contributed by atoms with E-state index in [4.69, 9.17) is 26.8 Å². The van der Waals surface area contributed by atoms with Crippen LogP contribution in [-0.2, 0) is 17.6 Å². The molecule has 3 rings (SSSR count). The molecule has 1 aromatic carbocycles. The predicted molar refractivity (Wildman–Crippen MR) is 71.3 cm³/mol. The van der Waals surface area contributed by atoms with E-state index in [2.05, 4.69) is 0 Å². The zero-order valence-electron chi connectivity index (χ0n) is 10.3. The molecule has 0 aromatic heterocycles. The van der Waals surface area contributed by atoms with Gasteiger partial charge in [0, 0.05) is 30.0 Å². The lowest BCUT2D eigenvalue weighted by atomic mass is 9.89. The summed E-state index contributed by atoms with van der Waals surface area (Å²) in [7, 11) is 0. The summed E-state index contributed by atoms with van der Waals surface area (Å²) < 4.78 is 11.2. The number of nitrogens with two attached hydrogens (primary N) is 1. The minimum Gasteiger partial charge on any atom is -0.493 e. The molecule has 98 valence electrons. The quantitative estimate of drug-likeness (QED) is 0.893. The summed E-state index contributed by atoms with van der Waals surface area (Å²) in [6.07, 6.45) is 2.79. The van der Waals surface area contributed by atoms with E-state index in [1.54, 1.807) is 0 Å². The summed E-state index contributed by atoms with van der Waals surface area (Å²) in [6.45, 7) is 2.28. The third kappa shape index (κ3) is 2.35. The Kier molecular flexibility index (Phi) is 3.46. The Morgan fingerprint density at radius 3 is 3.06 bits per heavy atom. The normalized spacial score (nSPS) is 26.8. The van der Waals surface area contributed by atoms with Crippen molar-refractivity contribution in [2.75, 3.05) is 19.8 Å². The van der Waals surface area contributed by atoms with Crippen LogP contribution in [0.2, 0.25) is 5.02 Å². The van der Waals surface area contributed by atoms with Crippen LogP contribution < -0.4 is 10.5 Å². The minimum absolute atomic E-state index is 0.217. The van der Waals surface area contributed by atoms with Gasteiger partial charge in [0.2, 0.25) is 0 Å². The third-order valence-electron chi connectivity index (χ3n) is 3.84. The highest BCUT2D eigenvalue weighted by atomic mass is 35.5. The monoisotopic (exact) mass is 267 g/mol. The van der Waals surface area contributed by atoms with Crippen LogP contribution in [0, 0.1) is 5.92 Å². The number of fused-ring (bicyclic) bond motifs is 1. The van der Waals surface area contributed by atoms with Gasteiger partial charge in [-0.3, -0.25) is 0 Å². The zero-order chi connectivity index (χ0) is 12.5. The van der Waals surface area contributed by atoms with E-state index < -0.39 is 0 Å². The molecule has 2 aliphatic heterocycles. The van der Waals surface area contributed by atoms with Gasteiger partial charge in [-0.2, -0.15) is 0 Å². The first-order valence-electron chi connectivity index (χ1n) is 6.51. The Hall–Kier alpha value is -0.770. The van der Waals surface area contributed by atoms with Crippen molar-refractivity contribution in [1.29, 1.82) is 0 Å². The highest BCUT2D eigenvalue weighted by Gasteiger charge is 2.26. The fourth-order valence-corrected chi connectivity index (χ4v) is 3.07. The van der Waals surface area contributed by atoms with Crippen molar-refractivity contribution in [3.63, 3.8) is 0 Å². The van der Waals surface area contributed by atoms with Crippen LogP contribution >= 0.6 is 11.6 Å². The Morgan fingerprint density at radius 1 is 1.33 bits per heavy atom. The number of halogens is 1. The maximum absolute atomic E-state index is 6.16. The van der Waals surface area contributed by atoms with Gasteiger partial charge in [-0.25, -0.2) is 0 Å². The van der Waals surface area contributed by atoms with Crippen LogP contribution in [0.5, 0.6) is 5.75 Å². The molecule has 3 nitrogen and oxygen atoms in total. The highest BCUT2D eigenvalue weighted by molar-refractivity contribution is 6.30. The van der Waals surface area contributed by atoms with Gasteiger partial charge in [0.25, 0.3) is 0 Å². The lowest BCUT2D eigenvalue weighted by molar-refractivity contribution is 0.0420. The smallest absolute Gasteiger partial charge is 0.125 e. The van der Waals surface area contributed by atoms with Crippen LogP contribution in [0.4, 0.5) is 0 Å². The van der Waals surface area contributed by atoms with E-state index in [9.17, 15) is 0 Å². The first kappa shape index (κ1) is 12.3. The number of rotatable bonds is 2. The number of ether oxygens (including phenoxy) is 2. The largest absolute Gasteiger partial charge is 0.493 e. The maximum atomic E-state index is 6.16. The van der Waals surface area contributed by atoms with Crippen LogP contribution in [0.3, 0.4) is 0 Å². The van der Waals surface area contributed by atoms with Gasteiger partial charge in [-0.05, 0) is 36.1 Å². The molecular weight excluding hydrogens is 250 g/mol. The second kappa shape index (κ2) is 5.08. The summed E-state index contributed by atoms with van der Waals surface area (Å²) >= 11 is 6.16. The molecule has 1 saturated heterocycles. The van der Waals surface area contributed by atoms with Crippen LogP contribution in [0.1, 0.15) is 17.5 Å². The van der Waals surface area contributed by atoms with Crippen LogP contribution in [0.25, 0.3) is 0 Å². The zero-order valence-corrected chi connectivity index (χ0v) is 11.1. The molecular formula is C14H18ClNO2. The van der Waals surface area contributed by atoms with E-state index in [1.807, 2.05) is 12.1 Å². The Bertz CT molecular complexity index is 450.